The zero-order valence-electron chi connectivity index (χ0n) is 22.9. The molecule has 2 aliphatic carbocycles. The molecule has 2 fully saturated rings. The summed E-state index contributed by atoms with van der Waals surface area (Å²) in [7, 11) is -4.40. The van der Waals surface area contributed by atoms with Crippen molar-refractivity contribution in [3.05, 3.63) is 90.5 Å². The highest BCUT2D eigenvalue weighted by atomic mass is 32.2. The van der Waals surface area contributed by atoms with Crippen molar-refractivity contribution in [1.29, 1.82) is 0 Å². The molecule has 2 unspecified atom stereocenters. The molecule has 0 amide bonds. The Labute approximate surface area is 231 Å². The summed E-state index contributed by atoms with van der Waals surface area (Å²) in [4.78, 5) is 16.0. The number of Topliss-reactive ketones (excluding diaryl/α,β-unsaturated/α-hetero) is 1. The Kier molecular flexibility index (Phi) is 8.00. The highest BCUT2D eigenvalue weighted by molar-refractivity contribution is 7.97. The first kappa shape index (κ1) is 28.6. The molecule has 3 aromatic carbocycles. The Balaban J connectivity index is 0.000000194. The highest BCUT2D eigenvalue weighted by Crippen LogP contribution is 2.64. The number of hydrogen-bond donors (Lipinski definition) is 0. The van der Waals surface area contributed by atoms with Gasteiger partial charge in [-0.2, -0.15) is 0 Å². The molecule has 6 heteroatoms. The van der Waals surface area contributed by atoms with E-state index in [1.165, 1.54) is 20.2 Å². The second kappa shape index (κ2) is 10.6. The van der Waals surface area contributed by atoms with Gasteiger partial charge in [-0.15, -0.1) is 0 Å². The maximum absolute atomic E-state index is 11.8. The zero-order valence-corrected chi connectivity index (χ0v) is 24.6. The molecule has 202 valence electrons. The fourth-order valence-electron chi connectivity index (χ4n) is 6.18. The second-order valence-corrected chi connectivity index (χ2v) is 15.4. The summed E-state index contributed by atoms with van der Waals surface area (Å²) in [5.74, 6) is -0.280. The molecular formula is C32H38O4S2. The van der Waals surface area contributed by atoms with Crippen LogP contribution in [0, 0.1) is 16.7 Å². The van der Waals surface area contributed by atoms with E-state index in [1.54, 1.807) is 0 Å². The lowest BCUT2D eigenvalue weighted by atomic mass is 9.70. The molecule has 0 saturated heterocycles. The minimum Gasteiger partial charge on any atom is -0.748 e. The van der Waals surface area contributed by atoms with Gasteiger partial charge < -0.3 is 4.55 Å². The summed E-state index contributed by atoms with van der Waals surface area (Å²) >= 11 is 0. The monoisotopic (exact) mass is 550 g/mol. The molecule has 38 heavy (non-hydrogen) atoms. The third-order valence-electron chi connectivity index (χ3n) is 8.44. The van der Waals surface area contributed by atoms with Crippen LogP contribution in [0.25, 0.3) is 0 Å². The summed E-state index contributed by atoms with van der Waals surface area (Å²) in [5, 5.41) is 0. The Hall–Kier alpha value is -2.41. The van der Waals surface area contributed by atoms with Crippen LogP contribution in [-0.4, -0.2) is 24.5 Å². The van der Waals surface area contributed by atoms with E-state index >= 15 is 0 Å². The minimum absolute atomic E-state index is 0.0248. The number of hydrogen-bond acceptors (Lipinski definition) is 4. The van der Waals surface area contributed by atoms with Crippen molar-refractivity contribution in [3.8, 4) is 0 Å². The average Bonchev–Trinajstić information content (AvgIpc) is 3.19. The molecule has 2 bridgehead atoms. The van der Waals surface area contributed by atoms with E-state index in [1.807, 2.05) is 13.8 Å². The molecule has 0 aromatic heterocycles. The first-order chi connectivity index (χ1) is 17.8. The Bertz CT molecular complexity index is 1340. The lowest BCUT2D eigenvalue weighted by molar-refractivity contribution is -0.128. The van der Waals surface area contributed by atoms with Crippen LogP contribution in [0.5, 0.6) is 0 Å². The highest BCUT2D eigenvalue weighted by Gasteiger charge is 2.64. The van der Waals surface area contributed by atoms with Gasteiger partial charge in [0.05, 0.1) is 26.8 Å². The number of ketones is 1. The Morgan fingerprint density at radius 3 is 1.79 bits per heavy atom. The van der Waals surface area contributed by atoms with Crippen LogP contribution < -0.4 is 0 Å². The van der Waals surface area contributed by atoms with Gasteiger partial charge in [0.25, 0.3) is 0 Å². The average molecular weight is 551 g/mol. The largest absolute Gasteiger partial charge is 0.748 e. The topological polar surface area (TPSA) is 74.3 Å². The van der Waals surface area contributed by atoms with Crippen LogP contribution >= 0.6 is 0 Å². The Morgan fingerprint density at radius 1 is 0.868 bits per heavy atom. The summed E-state index contributed by atoms with van der Waals surface area (Å²) < 4.78 is 32.7. The summed E-state index contributed by atoms with van der Waals surface area (Å²) in [6.45, 7) is 10.7. The van der Waals surface area contributed by atoms with E-state index in [0.29, 0.717) is 12.8 Å². The molecule has 0 radical (unpaired) electrons. The second-order valence-electron chi connectivity index (χ2n) is 12.0. The summed E-state index contributed by atoms with van der Waals surface area (Å²) in [5.41, 5.74) is 0.335. The SMILES string of the molecule is CC(C)(C)c1ccccc1[S+](c1ccccc1)c1ccccc1.CC1(C)C2CCC1(CS(=O)(=O)[O-])C(=O)C2. The lowest BCUT2D eigenvalue weighted by Crippen LogP contribution is -2.42. The molecule has 2 atom stereocenters. The van der Waals surface area contributed by atoms with Gasteiger partial charge in [0.2, 0.25) is 0 Å². The molecule has 3 aromatic rings. The van der Waals surface area contributed by atoms with Crippen molar-refractivity contribution in [2.75, 3.05) is 5.75 Å². The quantitative estimate of drug-likeness (QED) is 0.253. The molecule has 0 aliphatic heterocycles. The van der Waals surface area contributed by atoms with Crippen molar-refractivity contribution in [3.63, 3.8) is 0 Å². The molecule has 0 spiro atoms. The van der Waals surface area contributed by atoms with Crippen LogP contribution in [0.15, 0.2) is 99.6 Å². The van der Waals surface area contributed by atoms with Gasteiger partial charge in [-0.05, 0) is 59.9 Å². The maximum Gasteiger partial charge on any atom is 0.170 e. The van der Waals surface area contributed by atoms with Crippen LogP contribution in [0.3, 0.4) is 0 Å². The normalized spacial score (nSPS) is 22.3. The van der Waals surface area contributed by atoms with Gasteiger partial charge in [-0.1, -0.05) is 89.2 Å². The molecule has 0 N–H and O–H groups in total. The van der Waals surface area contributed by atoms with Crippen molar-refractivity contribution >= 4 is 26.8 Å². The minimum atomic E-state index is -4.33. The van der Waals surface area contributed by atoms with Gasteiger partial charge in [-0.3, -0.25) is 4.79 Å². The first-order valence-corrected chi connectivity index (χ1v) is 16.0. The maximum atomic E-state index is 11.8. The number of benzene rings is 3. The smallest absolute Gasteiger partial charge is 0.170 e. The van der Waals surface area contributed by atoms with Gasteiger partial charge in [-0.25, -0.2) is 8.42 Å². The van der Waals surface area contributed by atoms with Gasteiger partial charge in [0.15, 0.2) is 14.7 Å². The van der Waals surface area contributed by atoms with Crippen molar-refractivity contribution in [2.24, 2.45) is 16.7 Å². The molecular weight excluding hydrogens is 512 g/mol. The van der Waals surface area contributed by atoms with Crippen LogP contribution in [0.2, 0.25) is 0 Å². The van der Waals surface area contributed by atoms with Crippen molar-refractivity contribution in [1.82, 2.24) is 0 Å². The van der Waals surface area contributed by atoms with E-state index in [2.05, 4.69) is 106 Å². The number of fused-ring (bicyclic) bond motifs is 2. The predicted octanol–water partition coefficient (Wildman–Crippen LogP) is 7.01. The van der Waals surface area contributed by atoms with Gasteiger partial charge in [0.1, 0.15) is 5.78 Å². The molecule has 2 aliphatic rings. The van der Waals surface area contributed by atoms with Gasteiger partial charge in [0, 0.05) is 17.4 Å². The standard InChI is InChI=1S/C22H23S.C10H16O4S/c1-22(2,3)20-16-10-11-17-21(20)23(18-12-6-4-7-13-18)19-14-8-5-9-15-19;1-9(2)7-3-4-10(9,8(11)5-7)6-15(12,13)14/h4-17H,1-3H3;7H,3-6H2,1-2H3,(H,12,13,14)/q+1;/p-1. The van der Waals surface area contributed by atoms with Gasteiger partial charge >= 0.3 is 0 Å². The van der Waals surface area contributed by atoms with E-state index in [4.69, 9.17) is 0 Å². The third-order valence-corrected chi connectivity index (χ3v) is 11.6. The van der Waals surface area contributed by atoms with Crippen LogP contribution in [0.1, 0.15) is 59.4 Å². The zero-order chi connectivity index (χ0) is 27.8. The summed E-state index contributed by atoms with van der Waals surface area (Å²) in [6.07, 6.45) is 1.88. The van der Waals surface area contributed by atoms with Crippen LogP contribution in [0.4, 0.5) is 0 Å². The fourth-order valence-corrected chi connectivity index (χ4v) is 9.91. The molecule has 2 saturated carbocycles. The van der Waals surface area contributed by atoms with Crippen LogP contribution in [-0.2, 0) is 31.2 Å². The van der Waals surface area contributed by atoms with Crippen molar-refractivity contribution in [2.45, 2.75) is 74.0 Å². The first-order valence-electron chi connectivity index (χ1n) is 13.2. The van der Waals surface area contributed by atoms with Crippen molar-refractivity contribution < 1.29 is 17.8 Å². The number of rotatable bonds is 5. The lowest BCUT2D eigenvalue weighted by Gasteiger charge is -2.37. The van der Waals surface area contributed by atoms with E-state index in [-0.39, 0.29) is 33.4 Å². The molecule has 5 rings (SSSR count). The predicted molar refractivity (Wildman–Crippen MR) is 153 cm³/mol. The van der Waals surface area contributed by atoms with E-state index in [9.17, 15) is 17.8 Å². The Morgan fingerprint density at radius 2 is 1.37 bits per heavy atom. The number of carbonyl (C=O) groups excluding carboxylic acids is 1. The molecule has 0 heterocycles. The molecule has 4 nitrogen and oxygen atoms in total. The van der Waals surface area contributed by atoms with E-state index < -0.39 is 21.3 Å². The summed E-state index contributed by atoms with van der Waals surface area (Å²) in [6, 6.07) is 30.6. The number of carbonyl (C=O) groups is 1. The van der Waals surface area contributed by atoms with E-state index in [0.717, 1.165) is 6.42 Å². The fraction of sp³-hybridized carbons (Fsp3) is 0.406. The third kappa shape index (κ3) is 5.63.